The maximum Gasteiger partial charge on any atom is 0.234 e. The Morgan fingerprint density at radius 2 is 2.05 bits per heavy atom. The number of hydrogen-bond acceptors (Lipinski definition) is 6. The Labute approximate surface area is 120 Å². The van der Waals surface area contributed by atoms with Crippen molar-refractivity contribution in [2.24, 2.45) is 0 Å². The first kappa shape index (κ1) is 13.6. The van der Waals surface area contributed by atoms with Gasteiger partial charge in [0.25, 0.3) is 0 Å². The average molecular weight is 277 g/mol. The Balaban J connectivity index is 1.56. The van der Waals surface area contributed by atoms with E-state index in [1.54, 1.807) is 6.20 Å². The molecular formula is C14H23N5O. The van der Waals surface area contributed by atoms with E-state index in [1.807, 2.05) is 6.20 Å². The molecule has 20 heavy (non-hydrogen) atoms. The van der Waals surface area contributed by atoms with E-state index < -0.39 is 0 Å². The molecule has 0 spiro atoms. The van der Waals surface area contributed by atoms with Crippen molar-refractivity contribution >= 4 is 5.82 Å². The number of aromatic nitrogens is 2. The van der Waals surface area contributed by atoms with Gasteiger partial charge in [-0.25, -0.2) is 0 Å². The first-order valence-electron chi connectivity index (χ1n) is 7.51. The van der Waals surface area contributed by atoms with Gasteiger partial charge in [0.15, 0.2) is 5.82 Å². The van der Waals surface area contributed by atoms with Gasteiger partial charge >= 0.3 is 0 Å². The summed E-state index contributed by atoms with van der Waals surface area (Å²) in [5.41, 5.74) is 0. The fourth-order valence-electron chi connectivity index (χ4n) is 2.61. The van der Waals surface area contributed by atoms with Crippen LogP contribution < -0.4 is 15.0 Å². The molecule has 0 atom stereocenters. The molecule has 3 heterocycles. The summed E-state index contributed by atoms with van der Waals surface area (Å²) in [5.74, 6) is 1.57. The third-order valence-corrected chi connectivity index (χ3v) is 3.97. The monoisotopic (exact) mass is 277 g/mol. The van der Waals surface area contributed by atoms with Crippen molar-refractivity contribution in [2.45, 2.75) is 19.4 Å². The molecular weight excluding hydrogens is 254 g/mol. The van der Waals surface area contributed by atoms with E-state index >= 15 is 0 Å². The number of piperazine rings is 1. The molecule has 1 aromatic heterocycles. The summed E-state index contributed by atoms with van der Waals surface area (Å²) in [7, 11) is 0. The second kappa shape index (κ2) is 6.37. The Hall–Kier alpha value is -1.40. The minimum absolute atomic E-state index is 0.634. The van der Waals surface area contributed by atoms with Gasteiger partial charge in [-0.05, 0) is 6.42 Å². The van der Waals surface area contributed by atoms with E-state index in [-0.39, 0.29) is 0 Å². The highest BCUT2D eigenvalue weighted by molar-refractivity contribution is 5.38. The lowest BCUT2D eigenvalue weighted by Crippen LogP contribution is -2.61. The van der Waals surface area contributed by atoms with Gasteiger partial charge in [0.05, 0.1) is 19.0 Å². The largest absolute Gasteiger partial charge is 0.477 e. The molecule has 1 aromatic rings. The second-order valence-corrected chi connectivity index (χ2v) is 5.40. The van der Waals surface area contributed by atoms with Crippen molar-refractivity contribution in [1.82, 2.24) is 20.2 Å². The van der Waals surface area contributed by atoms with E-state index in [2.05, 4.69) is 32.0 Å². The fraction of sp³-hybridized carbons (Fsp3) is 0.714. The van der Waals surface area contributed by atoms with Crippen molar-refractivity contribution < 1.29 is 4.74 Å². The molecule has 2 saturated heterocycles. The first-order valence-corrected chi connectivity index (χ1v) is 7.51. The van der Waals surface area contributed by atoms with Gasteiger partial charge in [-0.3, -0.25) is 9.88 Å². The van der Waals surface area contributed by atoms with E-state index in [9.17, 15) is 0 Å². The maximum absolute atomic E-state index is 5.55. The summed E-state index contributed by atoms with van der Waals surface area (Å²) < 4.78 is 5.55. The van der Waals surface area contributed by atoms with Crippen LogP contribution in [0, 0.1) is 0 Å². The molecule has 2 fully saturated rings. The molecule has 110 valence electrons. The molecule has 6 nitrogen and oxygen atoms in total. The fourth-order valence-corrected chi connectivity index (χ4v) is 2.61. The number of rotatable bonds is 5. The number of hydrogen-bond donors (Lipinski definition) is 1. The summed E-state index contributed by atoms with van der Waals surface area (Å²) in [5, 5.41) is 3.33. The van der Waals surface area contributed by atoms with Crippen molar-refractivity contribution in [3.05, 3.63) is 12.4 Å². The van der Waals surface area contributed by atoms with E-state index in [0.29, 0.717) is 12.5 Å². The van der Waals surface area contributed by atoms with Crippen LogP contribution in [0.5, 0.6) is 5.88 Å². The predicted octanol–water partition coefficient (Wildman–Crippen LogP) is 0.359. The van der Waals surface area contributed by atoms with E-state index in [4.69, 9.17) is 4.74 Å². The van der Waals surface area contributed by atoms with Gasteiger partial charge in [0, 0.05) is 45.3 Å². The Kier molecular flexibility index (Phi) is 4.32. The van der Waals surface area contributed by atoms with Gasteiger partial charge in [-0.2, -0.15) is 4.98 Å². The molecule has 3 rings (SSSR count). The zero-order chi connectivity index (χ0) is 13.8. The molecule has 0 radical (unpaired) electrons. The Bertz CT molecular complexity index is 429. The standard InChI is InChI=1S/C14H23N5O/c1-2-7-20-14-11-16-10-13(17-14)19-5-3-18(4-6-19)12-8-15-9-12/h10-12,15H,2-9H2,1H3. The number of anilines is 1. The van der Waals surface area contributed by atoms with E-state index in [0.717, 1.165) is 57.5 Å². The number of nitrogens with one attached hydrogen (secondary N) is 1. The Morgan fingerprint density at radius 1 is 1.25 bits per heavy atom. The molecule has 0 aromatic carbocycles. The quantitative estimate of drug-likeness (QED) is 0.839. The molecule has 1 N–H and O–H groups in total. The van der Waals surface area contributed by atoms with Gasteiger partial charge in [-0.1, -0.05) is 6.92 Å². The summed E-state index contributed by atoms with van der Waals surface area (Å²) in [6.45, 7) is 9.31. The van der Waals surface area contributed by atoms with Crippen LogP contribution in [0.4, 0.5) is 5.82 Å². The van der Waals surface area contributed by atoms with Crippen LogP contribution >= 0.6 is 0 Å². The van der Waals surface area contributed by atoms with Gasteiger partial charge in [0.2, 0.25) is 5.88 Å². The zero-order valence-electron chi connectivity index (χ0n) is 12.1. The zero-order valence-corrected chi connectivity index (χ0v) is 12.1. The summed E-state index contributed by atoms with van der Waals surface area (Å²) in [4.78, 5) is 13.7. The highest BCUT2D eigenvalue weighted by atomic mass is 16.5. The molecule has 0 unspecified atom stereocenters. The molecule has 2 aliphatic heterocycles. The summed E-state index contributed by atoms with van der Waals surface area (Å²) in [6.07, 6.45) is 4.51. The first-order chi connectivity index (χ1) is 9.86. The minimum Gasteiger partial charge on any atom is -0.477 e. The topological polar surface area (TPSA) is 53.5 Å². The molecule has 6 heteroatoms. The highest BCUT2D eigenvalue weighted by Crippen LogP contribution is 2.17. The van der Waals surface area contributed by atoms with Crippen molar-refractivity contribution in [2.75, 3.05) is 50.8 Å². The van der Waals surface area contributed by atoms with Crippen LogP contribution in [0.1, 0.15) is 13.3 Å². The predicted molar refractivity (Wildman–Crippen MR) is 78.3 cm³/mol. The SMILES string of the molecule is CCCOc1cncc(N2CCN(C3CNC3)CC2)n1. The summed E-state index contributed by atoms with van der Waals surface area (Å²) >= 11 is 0. The lowest BCUT2D eigenvalue weighted by Gasteiger charge is -2.43. The smallest absolute Gasteiger partial charge is 0.234 e. The lowest BCUT2D eigenvalue weighted by molar-refractivity contribution is 0.137. The highest BCUT2D eigenvalue weighted by Gasteiger charge is 2.28. The van der Waals surface area contributed by atoms with Crippen LogP contribution in [0.25, 0.3) is 0 Å². The molecule has 0 amide bonds. The van der Waals surface area contributed by atoms with Gasteiger partial charge < -0.3 is 15.0 Å². The number of nitrogens with zero attached hydrogens (tertiary/aromatic N) is 4. The summed E-state index contributed by atoms with van der Waals surface area (Å²) in [6, 6.07) is 0.738. The van der Waals surface area contributed by atoms with Crippen LogP contribution in [-0.4, -0.2) is 66.8 Å². The lowest BCUT2D eigenvalue weighted by atomic mass is 10.1. The molecule has 0 saturated carbocycles. The molecule has 0 aliphatic carbocycles. The van der Waals surface area contributed by atoms with Crippen molar-refractivity contribution in [3.63, 3.8) is 0 Å². The normalized spacial score (nSPS) is 20.8. The van der Waals surface area contributed by atoms with Crippen LogP contribution in [-0.2, 0) is 0 Å². The second-order valence-electron chi connectivity index (χ2n) is 5.40. The van der Waals surface area contributed by atoms with Crippen molar-refractivity contribution in [1.29, 1.82) is 0 Å². The molecule has 0 bridgehead atoms. The minimum atomic E-state index is 0.634. The van der Waals surface area contributed by atoms with E-state index in [1.165, 1.54) is 0 Å². The van der Waals surface area contributed by atoms with Gasteiger partial charge in [0.1, 0.15) is 0 Å². The Morgan fingerprint density at radius 3 is 2.70 bits per heavy atom. The molecule has 2 aliphatic rings. The van der Waals surface area contributed by atoms with Crippen LogP contribution in [0.15, 0.2) is 12.4 Å². The van der Waals surface area contributed by atoms with Crippen LogP contribution in [0.2, 0.25) is 0 Å². The number of ether oxygens (including phenoxy) is 1. The maximum atomic E-state index is 5.55. The third-order valence-electron chi connectivity index (χ3n) is 3.97. The van der Waals surface area contributed by atoms with Crippen LogP contribution in [0.3, 0.4) is 0 Å². The van der Waals surface area contributed by atoms with Crippen molar-refractivity contribution in [3.8, 4) is 5.88 Å². The van der Waals surface area contributed by atoms with Gasteiger partial charge in [-0.15, -0.1) is 0 Å². The third kappa shape index (κ3) is 3.02. The average Bonchev–Trinajstić information content (AvgIpc) is 2.44.